The Morgan fingerprint density at radius 1 is 1.33 bits per heavy atom. The second-order valence-corrected chi connectivity index (χ2v) is 6.30. The molecule has 0 bridgehead atoms. The molecule has 3 rings (SSSR count). The number of rotatable bonds is 7. The molecule has 24 heavy (non-hydrogen) atoms. The molecule has 0 aliphatic heterocycles. The molecule has 1 aromatic carbocycles. The van der Waals surface area contributed by atoms with Crippen molar-refractivity contribution in [3.63, 3.8) is 0 Å². The zero-order valence-corrected chi connectivity index (χ0v) is 14.5. The largest absolute Gasteiger partial charge is 0.484 e. The van der Waals surface area contributed by atoms with Gasteiger partial charge in [-0.15, -0.1) is 10.2 Å². The fourth-order valence-corrected chi connectivity index (χ4v) is 2.67. The Morgan fingerprint density at radius 2 is 2.21 bits per heavy atom. The Labute approximate surface area is 148 Å². The minimum Gasteiger partial charge on any atom is -0.484 e. The van der Waals surface area contributed by atoms with Crippen molar-refractivity contribution in [2.24, 2.45) is 5.10 Å². The first kappa shape index (κ1) is 16.6. The lowest BCUT2D eigenvalue weighted by Crippen LogP contribution is -1.94. The van der Waals surface area contributed by atoms with Gasteiger partial charge >= 0.3 is 0 Å². The summed E-state index contributed by atoms with van der Waals surface area (Å²) < 4.78 is 12.9. The van der Waals surface area contributed by atoms with E-state index in [2.05, 4.69) is 15.3 Å². The topological polar surface area (TPSA) is 65.4 Å². The van der Waals surface area contributed by atoms with Crippen LogP contribution in [0.1, 0.15) is 18.4 Å². The highest BCUT2D eigenvalue weighted by atomic mass is 35.5. The minimum absolute atomic E-state index is 0.293. The highest BCUT2D eigenvalue weighted by molar-refractivity contribution is 7.99. The summed E-state index contributed by atoms with van der Waals surface area (Å²) in [5.41, 5.74) is 0. The summed E-state index contributed by atoms with van der Waals surface area (Å²) in [4.78, 5) is 0. The van der Waals surface area contributed by atoms with Crippen LogP contribution in [0.5, 0.6) is 5.75 Å². The van der Waals surface area contributed by atoms with Crippen molar-refractivity contribution < 1.29 is 9.15 Å². The molecular weight excluding hydrogens is 348 g/mol. The molecule has 0 saturated heterocycles. The molecule has 0 amide bonds. The van der Waals surface area contributed by atoms with Crippen molar-refractivity contribution in [2.75, 3.05) is 5.75 Å². The molecule has 0 aliphatic rings. The van der Waals surface area contributed by atoms with Gasteiger partial charge in [0, 0.05) is 0 Å². The number of halogens is 1. The summed E-state index contributed by atoms with van der Waals surface area (Å²) in [5.74, 6) is 2.83. The fraction of sp³-hybridized carbons (Fsp3) is 0.188. The van der Waals surface area contributed by atoms with Gasteiger partial charge in [-0.25, -0.2) is 0 Å². The lowest BCUT2D eigenvalue weighted by atomic mass is 10.3. The van der Waals surface area contributed by atoms with E-state index in [9.17, 15) is 0 Å². The molecular formula is C16H15ClN4O2S. The number of ether oxygens (including phenoxy) is 1. The van der Waals surface area contributed by atoms with Gasteiger partial charge in [0.25, 0.3) is 0 Å². The van der Waals surface area contributed by atoms with Crippen molar-refractivity contribution in [3.05, 3.63) is 59.3 Å². The zero-order valence-electron chi connectivity index (χ0n) is 12.9. The second-order valence-electron chi connectivity index (χ2n) is 4.66. The van der Waals surface area contributed by atoms with Gasteiger partial charge in [0.15, 0.2) is 0 Å². The molecule has 0 spiro atoms. The highest BCUT2D eigenvalue weighted by Gasteiger charge is 2.05. The van der Waals surface area contributed by atoms with E-state index in [4.69, 9.17) is 20.8 Å². The van der Waals surface area contributed by atoms with Crippen molar-refractivity contribution in [1.82, 2.24) is 14.9 Å². The molecule has 0 unspecified atom stereocenters. The van der Waals surface area contributed by atoms with Crippen LogP contribution in [-0.2, 0) is 6.61 Å². The van der Waals surface area contributed by atoms with Crippen LogP contribution in [0.15, 0.2) is 57.4 Å². The van der Waals surface area contributed by atoms with Gasteiger partial charge in [-0.3, -0.25) is 0 Å². The molecule has 3 aromatic rings. The molecule has 8 heteroatoms. The number of furan rings is 1. The van der Waals surface area contributed by atoms with E-state index >= 15 is 0 Å². The average molecular weight is 363 g/mol. The summed E-state index contributed by atoms with van der Waals surface area (Å²) in [6.45, 7) is 2.34. The maximum absolute atomic E-state index is 6.05. The summed E-state index contributed by atoms with van der Waals surface area (Å²) in [5, 5.41) is 13.4. The van der Waals surface area contributed by atoms with E-state index in [1.165, 1.54) is 0 Å². The van der Waals surface area contributed by atoms with Crippen LogP contribution in [0.4, 0.5) is 0 Å². The maximum Gasteiger partial charge on any atom is 0.211 e. The molecule has 2 aromatic heterocycles. The SMILES string of the molecule is CCSc1nncn1/N=C/c1ccc(COc2ccccc2Cl)o1. The third-order valence-corrected chi connectivity index (χ3v) is 4.10. The molecule has 6 nitrogen and oxygen atoms in total. The molecule has 0 aliphatic carbocycles. The van der Waals surface area contributed by atoms with Crippen LogP contribution in [0.25, 0.3) is 0 Å². The van der Waals surface area contributed by atoms with Gasteiger partial charge in [0.2, 0.25) is 5.16 Å². The van der Waals surface area contributed by atoms with Crippen LogP contribution in [0.3, 0.4) is 0 Å². The Bertz CT molecular complexity index is 831. The monoisotopic (exact) mass is 362 g/mol. The summed E-state index contributed by atoms with van der Waals surface area (Å²) in [7, 11) is 0. The lowest BCUT2D eigenvalue weighted by Gasteiger charge is -2.05. The molecule has 0 atom stereocenters. The van der Waals surface area contributed by atoms with Crippen LogP contribution in [-0.4, -0.2) is 26.8 Å². The quantitative estimate of drug-likeness (QED) is 0.467. The van der Waals surface area contributed by atoms with Crippen molar-refractivity contribution in [1.29, 1.82) is 0 Å². The van der Waals surface area contributed by atoms with Gasteiger partial charge in [-0.1, -0.05) is 42.4 Å². The van der Waals surface area contributed by atoms with Crippen LogP contribution < -0.4 is 4.74 Å². The van der Waals surface area contributed by atoms with Crippen molar-refractivity contribution >= 4 is 29.6 Å². The van der Waals surface area contributed by atoms with Gasteiger partial charge in [0.1, 0.15) is 30.2 Å². The Hall–Kier alpha value is -2.25. The molecule has 124 valence electrons. The Kier molecular flexibility index (Phi) is 5.55. The molecule has 0 radical (unpaired) electrons. The predicted molar refractivity (Wildman–Crippen MR) is 93.9 cm³/mol. The second kappa shape index (κ2) is 8.03. The lowest BCUT2D eigenvalue weighted by molar-refractivity contribution is 0.270. The number of para-hydroxylation sites is 1. The Morgan fingerprint density at radius 3 is 3.04 bits per heavy atom. The van der Waals surface area contributed by atoms with Crippen molar-refractivity contribution in [3.8, 4) is 5.75 Å². The normalized spacial score (nSPS) is 11.2. The summed E-state index contributed by atoms with van der Waals surface area (Å²) in [6, 6.07) is 11.0. The van der Waals surface area contributed by atoms with E-state index in [1.807, 2.05) is 37.3 Å². The summed E-state index contributed by atoms with van der Waals surface area (Å²) >= 11 is 7.62. The van der Waals surface area contributed by atoms with Gasteiger partial charge < -0.3 is 9.15 Å². The van der Waals surface area contributed by atoms with Crippen LogP contribution in [0, 0.1) is 0 Å². The van der Waals surface area contributed by atoms with Gasteiger partial charge in [-0.05, 0) is 30.0 Å². The number of hydrogen-bond donors (Lipinski definition) is 0. The van der Waals surface area contributed by atoms with E-state index in [1.54, 1.807) is 35.0 Å². The molecule has 0 saturated carbocycles. The maximum atomic E-state index is 6.05. The third-order valence-electron chi connectivity index (χ3n) is 2.97. The first-order valence-electron chi connectivity index (χ1n) is 7.29. The summed E-state index contributed by atoms with van der Waals surface area (Å²) in [6.07, 6.45) is 3.17. The fourth-order valence-electron chi connectivity index (χ4n) is 1.89. The molecule has 0 fully saturated rings. The number of benzene rings is 1. The predicted octanol–water partition coefficient (Wildman–Crippen LogP) is 4.10. The minimum atomic E-state index is 0.293. The van der Waals surface area contributed by atoms with E-state index in [-0.39, 0.29) is 0 Å². The number of thioether (sulfide) groups is 1. The van der Waals surface area contributed by atoms with Crippen LogP contribution in [0.2, 0.25) is 5.02 Å². The number of hydrogen-bond acceptors (Lipinski definition) is 6. The van der Waals surface area contributed by atoms with E-state index in [0.29, 0.717) is 28.9 Å². The standard InChI is InChI=1S/C16H15ClN4O2S/c1-2-24-16-20-18-11-21(16)19-9-12-7-8-13(23-12)10-22-15-6-4-3-5-14(15)17/h3-9,11H,2,10H2,1H3/b19-9+. The van der Waals surface area contributed by atoms with E-state index < -0.39 is 0 Å². The first-order chi connectivity index (χ1) is 11.8. The van der Waals surface area contributed by atoms with Gasteiger partial charge in [0.05, 0.1) is 11.2 Å². The number of aromatic nitrogens is 3. The van der Waals surface area contributed by atoms with Crippen LogP contribution >= 0.6 is 23.4 Å². The molecule has 0 N–H and O–H groups in total. The molecule has 2 heterocycles. The smallest absolute Gasteiger partial charge is 0.211 e. The zero-order chi connectivity index (χ0) is 16.8. The third kappa shape index (κ3) is 4.18. The number of nitrogens with zero attached hydrogens (tertiary/aromatic N) is 4. The van der Waals surface area contributed by atoms with E-state index in [0.717, 1.165) is 10.9 Å². The van der Waals surface area contributed by atoms with Crippen molar-refractivity contribution in [2.45, 2.75) is 18.7 Å². The Balaban J connectivity index is 1.62. The first-order valence-corrected chi connectivity index (χ1v) is 8.66. The highest BCUT2D eigenvalue weighted by Crippen LogP contribution is 2.24. The average Bonchev–Trinajstić information content (AvgIpc) is 3.22. The van der Waals surface area contributed by atoms with Gasteiger partial charge in [-0.2, -0.15) is 9.78 Å².